The first kappa shape index (κ1) is 19.1. The fourth-order valence-corrected chi connectivity index (χ4v) is 2.76. The zero-order chi connectivity index (χ0) is 18.2. The molecule has 1 aliphatic heterocycles. The Hall–Kier alpha value is -2.23. The first-order valence-electron chi connectivity index (χ1n) is 7.89. The van der Waals surface area contributed by atoms with Gasteiger partial charge >= 0.3 is 0 Å². The van der Waals surface area contributed by atoms with Gasteiger partial charge in [-0.25, -0.2) is 0 Å². The fourth-order valence-electron chi connectivity index (χ4n) is 2.42. The van der Waals surface area contributed by atoms with E-state index in [1.165, 1.54) is 12.3 Å². The van der Waals surface area contributed by atoms with Crippen LogP contribution in [0.1, 0.15) is 19.3 Å². The molecule has 1 aromatic rings. The molecule has 0 saturated carbocycles. The largest absolute Gasteiger partial charge is 0.390 e. The number of hydrogen-bond donors (Lipinski definition) is 2. The van der Waals surface area contributed by atoms with E-state index in [1.54, 1.807) is 12.1 Å². The third kappa shape index (κ3) is 5.66. The van der Waals surface area contributed by atoms with Crippen LogP contribution in [0.4, 0.5) is 5.69 Å². The monoisotopic (exact) mass is 380 g/mol. The van der Waals surface area contributed by atoms with Crippen molar-refractivity contribution in [3.05, 3.63) is 40.0 Å². The van der Waals surface area contributed by atoms with Crippen molar-refractivity contribution in [3.8, 4) is 6.07 Å². The first-order chi connectivity index (χ1) is 12.0. The zero-order valence-corrected chi connectivity index (χ0v) is 15.0. The van der Waals surface area contributed by atoms with E-state index in [4.69, 9.17) is 28.5 Å². The van der Waals surface area contributed by atoms with Gasteiger partial charge in [0.15, 0.2) is 0 Å². The highest BCUT2D eigenvalue weighted by atomic mass is 35.5. The molecule has 0 atom stereocenters. The summed E-state index contributed by atoms with van der Waals surface area (Å²) in [5.41, 5.74) is 0.265. The molecule has 2 N–H and O–H groups in total. The number of nitriles is 1. The van der Waals surface area contributed by atoms with Crippen molar-refractivity contribution in [2.45, 2.75) is 19.3 Å². The highest BCUT2D eigenvalue weighted by molar-refractivity contribution is 6.35. The lowest BCUT2D eigenvalue weighted by atomic mass is 10.2. The maximum Gasteiger partial charge on any atom is 0.267 e. The summed E-state index contributed by atoms with van der Waals surface area (Å²) in [5, 5.41) is 15.4. The van der Waals surface area contributed by atoms with Crippen molar-refractivity contribution in [1.29, 1.82) is 5.26 Å². The molecule has 0 unspecified atom stereocenters. The fraction of sp³-hybridized carbons (Fsp3) is 0.353. The minimum absolute atomic E-state index is 0.0757. The van der Waals surface area contributed by atoms with E-state index < -0.39 is 5.91 Å². The Bertz CT molecular complexity index is 728. The number of carbonyl (C=O) groups is 2. The highest BCUT2D eigenvalue weighted by Crippen LogP contribution is 2.25. The van der Waals surface area contributed by atoms with Gasteiger partial charge in [0.1, 0.15) is 11.6 Å². The van der Waals surface area contributed by atoms with Crippen LogP contribution in [0.15, 0.2) is 30.0 Å². The second-order valence-electron chi connectivity index (χ2n) is 5.54. The molecule has 132 valence electrons. The van der Waals surface area contributed by atoms with Gasteiger partial charge in [0, 0.05) is 37.3 Å². The second-order valence-corrected chi connectivity index (χ2v) is 6.38. The van der Waals surface area contributed by atoms with Crippen LogP contribution >= 0.6 is 23.2 Å². The second kappa shape index (κ2) is 9.30. The Morgan fingerprint density at radius 1 is 1.40 bits per heavy atom. The van der Waals surface area contributed by atoms with Gasteiger partial charge in [-0.05, 0) is 31.0 Å². The van der Waals surface area contributed by atoms with Crippen molar-refractivity contribution in [2.24, 2.45) is 0 Å². The minimum atomic E-state index is -0.575. The maximum absolute atomic E-state index is 12.1. The van der Waals surface area contributed by atoms with Gasteiger partial charge < -0.3 is 15.5 Å². The number of anilines is 1. The molecule has 0 radical (unpaired) electrons. The SMILES string of the molecule is N#C/C(=C/NCCCN1CCCC1=O)C(=O)Nc1cc(Cl)ccc1Cl. The quantitative estimate of drug-likeness (QED) is 0.432. The van der Waals surface area contributed by atoms with E-state index in [9.17, 15) is 9.59 Å². The van der Waals surface area contributed by atoms with E-state index >= 15 is 0 Å². The van der Waals surface area contributed by atoms with Crippen molar-refractivity contribution < 1.29 is 9.59 Å². The molecule has 6 nitrogen and oxygen atoms in total. The van der Waals surface area contributed by atoms with Crippen molar-refractivity contribution in [2.75, 3.05) is 25.0 Å². The van der Waals surface area contributed by atoms with Gasteiger partial charge in [-0.1, -0.05) is 23.2 Å². The summed E-state index contributed by atoms with van der Waals surface area (Å²) in [4.78, 5) is 25.4. The van der Waals surface area contributed by atoms with Crippen molar-refractivity contribution in [1.82, 2.24) is 10.2 Å². The van der Waals surface area contributed by atoms with E-state index in [0.717, 1.165) is 19.4 Å². The van der Waals surface area contributed by atoms with E-state index in [2.05, 4.69) is 10.6 Å². The van der Waals surface area contributed by atoms with E-state index in [0.29, 0.717) is 35.2 Å². The van der Waals surface area contributed by atoms with Gasteiger partial charge in [-0.2, -0.15) is 5.26 Å². The topological polar surface area (TPSA) is 85.2 Å². The molecular formula is C17H18Cl2N4O2. The normalized spacial score (nSPS) is 14.4. The average Bonchev–Trinajstić information content (AvgIpc) is 2.99. The van der Waals surface area contributed by atoms with Gasteiger partial charge in [0.25, 0.3) is 5.91 Å². The molecule has 1 fully saturated rings. The lowest BCUT2D eigenvalue weighted by Crippen LogP contribution is -2.27. The molecule has 0 spiro atoms. The number of nitrogens with one attached hydrogen (secondary N) is 2. The molecule has 0 bridgehead atoms. The molecule has 2 rings (SSSR count). The van der Waals surface area contributed by atoms with Gasteiger partial charge in [0.05, 0.1) is 10.7 Å². The Morgan fingerprint density at radius 3 is 2.88 bits per heavy atom. The van der Waals surface area contributed by atoms with E-state index in [1.807, 2.05) is 11.0 Å². The van der Waals surface area contributed by atoms with E-state index in [-0.39, 0.29) is 11.5 Å². The van der Waals surface area contributed by atoms with Crippen molar-refractivity contribution >= 4 is 40.7 Å². The molecule has 25 heavy (non-hydrogen) atoms. The number of benzene rings is 1. The molecule has 2 amide bonds. The third-order valence-corrected chi connectivity index (χ3v) is 4.27. The Kier molecular flexibility index (Phi) is 7.11. The maximum atomic E-state index is 12.1. The van der Waals surface area contributed by atoms with Crippen LogP contribution in [0.25, 0.3) is 0 Å². The van der Waals surface area contributed by atoms with Gasteiger partial charge in [-0.3, -0.25) is 9.59 Å². The number of hydrogen-bond acceptors (Lipinski definition) is 4. The molecule has 1 aliphatic rings. The molecular weight excluding hydrogens is 363 g/mol. The van der Waals surface area contributed by atoms with Crippen molar-refractivity contribution in [3.63, 3.8) is 0 Å². The summed E-state index contributed by atoms with van der Waals surface area (Å²) in [6, 6.07) is 6.52. The molecule has 1 heterocycles. The summed E-state index contributed by atoms with van der Waals surface area (Å²) >= 11 is 11.9. The summed E-state index contributed by atoms with van der Waals surface area (Å²) in [6.07, 6.45) is 3.64. The molecule has 1 aromatic carbocycles. The van der Waals surface area contributed by atoms with Crippen LogP contribution in [0.5, 0.6) is 0 Å². The molecule has 1 saturated heterocycles. The van der Waals surface area contributed by atoms with Crippen LogP contribution in [-0.4, -0.2) is 36.3 Å². The van der Waals surface area contributed by atoms with Gasteiger partial charge in [0.2, 0.25) is 5.91 Å². The first-order valence-corrected chi connectivity index (χ1v) is 8.64. The Labute approximate surface area is 156 Å². The lowest BCUT2D eigenvalue weighted by molar-refractivity contribution is -0.127. The zero-order valence-electron chi connectivity index (χ0n) is 13.5. The number of halogens is 2. The van der Waals surface area contributed by atoms with Crippen LogP contribution in [0.2, 0.25) is 10.0 Å². The number of likely N-dealkylation sites (tertiary alicyclic amines) is 1. The number of nitrogens with zero attached hydrogens (tertiary/aromatic N) is 2. The van der Waals surface area contributed by atoms with Crippen LogP contribution in [0.3, 0.4) is 0 Å². The molecule has 8 heteroatoms. The predicted molar refractivity (Wildman–Crippen MR) is 97.2 cm³/mol. The Morgan fingerprint density at radius 2 is 2.20 bits per heavy atom. The van der Waals surface area contributed by atoms with Gasteiger partial charge in [-0.15, -0.1) is 0 Å². The summed E-state index contributed by atoms with van der Waals surface area (Å²) in [6.45, 7) is 2.03. The summed E-state index contributed by atoms with van der Waals surface area (Å²) in [5.74, 6) is -0.389. The summed E-state index contributed by atoms with van der Waals surface area (Å²) < 4.78 is 0. The highest BCUT2D eigenvalue weighted by Gasteiger charge is 2.18. The standard InChI is InChI=1S/C17H18Cl2N4O2/c18-13-4-5-14(19)15(9-13)22-17(25)12(10-20)11-21-6-2-8-23-7-1-3-16(23)24/h4-5,9,11,21H,1-3,6-8H2,(H,22,25)/b12-11-. The number of carbonyl (C=O) groups excluding carboxylic acids is 2. The Balaban J connectivity index is 1.82. The number of rotatable bonds is 7. The van der Waals surface area contributed by atoms with Crippen LogP contribution in [0, 0.1) is 11.3 Å². The summed E-state index contributed by atoms with van der Waals surface area (Å²) in [7, 11) is 0. The lowest BCUT2D eigenvalue weighted by Gasteiger charge is -2.14. The average molecular weight is 381 g/mol. The number of amides is 2. The van der Waals surface area contributed by atoms with Crippen LogP contribution in [-0.2, 0) is 9.59 Å². The van der Waals surface area contributed by atoms with Crippen LogP contribution < -0.4 is 10.6 Å². The third-order valence-electron chi connectivity index (χ3n) is 3.71. The minimum Gasteiger partial charge on any atom is -0.390 e. The molecule has 0 aliphatic carbocycles. The predicted octanol–water partition coefficient (Wildman–Crippen LogP) is 2.94. The smallest absolute Gasteiger partial charge is 0.267 e. The molecule has 0 aromatic heterocycles.